The molecule has 1 aromatic carbocycles. The highest BCUT2D eigenvalue weighted by Crippen LogP contribution is 2.34. The topological polar surface area (TPSA) is 39.9 Å². The van der Waals surface area contributed by atoms with Gasteiger partial charge in [0, 0.05) is 24.9 Å². The average Bonchev–Trinajstić information content (AvgIpc) is 3.44. The van der Waals surface area contributed by atoms with Crippen LogP contribution >= 0.6 is 0 Å². The lowest BCUT2D eigenvalue weighted by molar-refractivity contribution is 0.244. The first kappa shape index (κ1) is 22.7. The molecule has 4 nitrogen and oxygen atoms in total. The molecule has 1 aliphatic rings. The maximum Gasteiger partial charge on any atom is 0.224 e. The number of aromatic nitrogens is 3. The third kappa shape index (κ3) is 4.94. The molecule has 1 saturated carbocycles. The molecule has 4 rings (SSSR count). The molecule has 32 heavy (non-hydrogen) atoms. The molecule has 172 valence electrons. The monoisotopic (exact) mass is 441 g/mol. The molecule has 2 aromatic heterocycles. The van der Waals surface area contributed by atoms with Crippen LogP contribution in [0.5, 0.6) is 5.88 Å². The van der Waals surface area contributed by atoms with Crippen molar-refractivity contribution in [3.63, 3.8) is 0 Å². The van der Waals surface area contributed by atoms with Crippen LogP contribution in [-0.2, 0) is 6.54 Å². The van der Waals surface area contributed by atoms with E-state index in [4.69, 9.17) is 9.72 Å². The highest BCUT2D eigenvalue weighted by atomic mass is 19.2. The predicted octanol–water partition coefficient (Wildman–Crippen LogP) is 7.16. The molecule has 0 amide bonds. The fraction of sp³-hybridized carbons (Fsp3) is 0.538. The zero-order chi connectivity index (χ0) is 22.5. The molecule has 0 aliphatic heterocycles. The molecular formula is C26H33F2N3O. The van der Waals surface area contributed by atoms with Crippen LogP contribution in [0.15, 0.2) is 30.5 Å². The SMILES string of the molecule is CCCCC(CC)Cn1c(-c2cccnc2OCC2CCCC2)nc2cc(F)c(F)cc21. The highest BCUT2D eigenvalue weighted by Gasteiger charge is 2.22. The Labute approximate surface area is 189 Å². The smallest absolute Gasteiger partial charge is 0.224 e. The second kappa shape index (κ2) is 10.4. The van der Waals surface area contributed by atoms with Crippen LogP contribution in [0.2, 0.25) is 0 Å². The van der Waals surface area contributed by atoms with Crippen LogP contribution in [-0.4, -0.2) is 21.1 Å². The molecule has 0 N–H and O–H groups in total. The Hall–Kier alpha value is -2.50. The van der Waals surface area contributed by atoms with Crippen molar-refractivity contribution in [1.29, 1.82) is 0 Å². The third-order valence-electron chi connectivity index (χ3n) is 6.72. The Morgan fingerprint density at radius 3 is 2.69 bits per heavy atom. The third-order valence-corrected chi connectivity index (χ3v) is 6.72. The Bertz CT molecular complexity index is 1040. The predicted molar refractivity (Wildman–Crippen MR) is 124 cm³/mol. The summed E-state index contributed by atoms with van der Waals surface area (Å²) in [5.74, 6) is 0.461. The minimum atomic E-state index is -0.879. The van der Waals surface area contributed by atoms with Gasteiger partial charge in [0.2, 0.25) is 5.88 Å². The summed E-state index contributed by atoms with van der Waals surface area (Å²) in [4.78, 5) is 9.22. The van der Waals surface area contributed by atoms with E-state index in [2.05, 4.69) is 18.8 Å². The van der Waals surface area contributed by atoms with E-state index in [9.17, 15) is 8.78 Å². The molecular weight excluding hydrogens is 408 g/mol. The van der Waals surface area contributed by atoms with E-state index in [1.54, 1.807) is 6.20 Å². The lowest BCUT2D eigenvalue weighted by Gasteiger charge is -2.19. The summed E-state index contributed by atoms with van der Waals surface area (Å²) in [6.07, 6.45) is 11.0. The number of rotatable bonds is 10. The number of nitrogens with zero attached hydrogens (tertiary/aromatic N) is 3. The summed E-state index contributed by atoms with van der Waals surface area (Å²) >= 11 is 0. The number of unbranched alkanes of at least 4 members (excludes halogenated alkanes) is 1. The Morgan fingerprint density at radius 2 is 1.94 bits per heavy atom. The van der Waals surface area contributed by atoms with E-state index in [1.807, 2.05) is 16.7 Å². The molecule has 0 saturated heterocycles. The van der Waals surface area contributed by atoms with Crippen molar-refractivity contribution in [3.8, 4) is 17.3 Å². The van der Waals surface area contributed by atoms with Crippen LogP contribution in [0.1, 0.15) is 65.2 Å². The number of imidazole rings is 1. The lowest BCUT2D eigenvalue weighted by atomic mass is 9.99. The van der Waals surface area contributed by atoms with Crippen molar-refractivity contribution in [2.75, 3.05) is 6.61 Å². The zero-order valence-electron chi connectivity index (χ0n) is 19.1. The maximum absolute atomic E-state index is 14.2. The summed E-state index contributed by atoms with van der Waals surface area (Å²) in [5, 5.41) is 0. The number of halogens is 2. The number of ether oxygens (including phenoxy) is 1. The maximum atomic E-state index is 14.2. The van der Waals surface area contributed by atoms with Crippen molar-refractivity contribution in [1.82, 2.24) is 14.5 Å². The molecule has 1 unspecified atom stereocenters. The van der Waals surface area contributed by atoms with Crippen molar-refractivity contribution in [2.24, 2.45) is 11.8 Å². The zero-order valence-corrected chi connectivity index (χ0v) is 19.1. The van der Waals surface area contributed by atoms with Gasteiger partial charge in [-0.05, 0) is 43.2 Å². The van der Waals surface area contributed by atoms with Gasteiger partial charge in [0.05, 0.1) is 23.2 Å². The molecule has 6 heteroatoms. The fourth-order valence-corrected chi connectivity index (χ4v) is 4.74. The summed E-state index contributed by atoms with van der Waals surface area (Å²) in [6, 6.07) is 6.25. The largest absolute Gasteiger partial charge is 0.477 e. The summed E-state index contributed by atoms with van der Waals surface area (Å²) in [7, 11) is 0. The van der Waals surface area contributed by atoms with Crippen LogP contribution in [0.3, 0.4) is 0 Å². The van der Waals surface area contributed by atoms with Crippen LogP contribution in [0.4, 0.5) is 8.78 Å². The summed E-state index contributed by atoms with van der Waals surface area (Å²) < 4.78 is 36.4. The molecule has 2 heterocycles. The molecule has 1 atom stereocenters. The van der Waals surface area contributed by atoms with Gasteiger partial charge in [-0.15, -0.1) is 0 Å². The quantitative estimate of drug-likeness (QED) is 0.335. The van der Waals surface area contributed by atoms with Crippen LogP contribution < -0.4 is 4.74 Å². The number of fused-ring (bicyclic) bond motifs is 1. The van der Waals surface area contributed by atoms with Gasteiger partial charge in [-0.25, -0.2) is 18.7 Å². The van der Waals surface area contributed by atoms with Gasteiger partial charge < -0.3 is 9.30 Å². The average molecular weight is 442 g/mol. The molecule has 1 fully saturated rings. The summed E-state index contributed by atoms with van der Waals surface area (Å²) in [6.45, 7) is 5.71. The molecule has 1 aliphatic carbocycles. The van der Waals surface area contributed by atoms with Crippen LogP contribution in [0, 0.1) is 23.5 Å². The standard InChI is InChI=1S/C26H33F2N3O/c1-3-5-9-18(4-2)16-31-24-15-22(28)21(27)14-23(24)30-25(31)20-12-8-13-29-26(20)32-17-19-10-6-7-11-19/h8,12-15,18-19H,3-7,9-11,16-17H2,1-2H3. The minimum absolute atomic E-state index is 0.429. The lowest BCUT2D eigenvalue weighted by Crippen LogP contribution is -2.13. The van der Waals surface area contributed by atoms with Crippen molar-refractivity contribution in [3.05, 3.63) is 42.1 Å². The van der Waals surface area contributed by atoms with Crippen molar-refractivity contribution >= 4 is 11.0 Å². The van der Waals surface area contributed by atoms with Gasteiger partial charge in [0.15, 0.2) is 11.6 Å². The molecule has 0 radical (unpaired) electrons. The first-order chi connectivity index (χ1) is 15.6. The highest BCUT2D eigenvalue weighted by molar-refractivity contribution is 5.81. The number of hydrogen-bond acceptors (Lipinski definition) is 3. The van der Waals surface area contributed by atoms with Crippen molar-refractivity contribution in [2.45, 2.75) is 71.8 Å². The summed E-state index contributed by atoms with van der Waals surface area (Å²) in [5.41, 5.74) is 1.84. The molecule has 0 spiro atoms. The second-order valence-electron chi connectivity index (χ2n) is 9.04. The first-order valence-electron chi connectivity index (χ1n) is 12.0. The van der Waals surface area contributed by atoms with E-state index < -0.39 is 11.6 Å². The van der Waals surface area contributed by atoms with Gasteiger partial charge >= 0.3 is 0 Å². The fourth-order valence-electron chi connectivity index (χ4n) is 4.74. The number of benzene rings is 1. The Balaban J connectivity index is 1.74. The molecule has 3 aromatic rings. The van der Waals surface area contributed by atoms with E-state index in [-0.39, 0.29) is 0 Å². The van der Waals surface area contributed by atoms with E-state index in [0.29, 0.717) is 47.7 Å². The van der Waals surface area contributed by atoms with Gasteiger partial charge in [-0.2, -0.15) is 0 Å². The van der Waals surface area contributed by atoms with Gasteiger partial charge in [-0.3, -0.25) is 0 Å². The van der Waals surface area contributed by atoms with E-state index in [1.165, 1.54) is 37.8 Å². The first-order valence-corrected chi connectivity index (χ1v) is 12.0. The van der Waals surface area contributed by atoms with Crippen molar-refractivity contribution < 1.29 is 13.5 Å². The van der Waals surface area contributed by atoms with Gasteiger partial charge in [0.25, 0.3) is 0 Å². The minimum Gasteiger partial charge on any atom is -0.477 e. The Kier molecular flexibility index (Phi) is 7.38. The van der Waals surface area contributed by atoms with Crippen LogP contribution in [0.25, 0.3) is 22.4 Å². The second-order valence-corrected chi connectivity index (χ2v) is 9.04. The Morgan fingerprint density at radius 1 is 1.16 bits per heavy atom. The van der Waals surface area contributed by atoms with Gasteiger partial charge in [-0.1, -0.05) is 46.0 Å². The van der Waals surface area contributed by atoms with E-state index in [0.717, 1.165) is 31.2 Å². The van der Waals surface area contributed by atoms with Gasteiger partial charge in [0.1, 0.15) is 5.82 Å². The normalized spacial score (nSPS) is 15.5. The van der Waals surface area contributed by atoms with E-state index >= 15 is 0 Å². The molecule has 0 bridgehead atoms. The number of pyridine rings is 1. The number of hydrogen-bond donors (Lipinski definition) is 0.